The van der Waals surface area contributed by atoms with Gasteiger partial charge in [-0.25, -0.2) is 0 Å². The van der Waals surface area contributed by atoms with Crippen LogP contribution >= 0.6 is 0 Å². The molecule has 17 heavy (non-hydrogen) atoms. The highest BCUT2D eigenvalue weighted by atomic mass is 16.5. The molecule has 0 bridgehead atoms. The molecular formula is C12H10N4O. The Hall–Kier alpha value is -2.56. The van der Waals surface area contributed by atoms with E-state index in [0.29, 0.717) is 11.4 Å². The molecule has 3 rings (SSSR count). The summed E-state index contributed by atoms with van der Waals surface area (Å²) >= 11 is 0. The van der Waals surface area contributed by atoms with Crippen LogP contribution in [0.1, 0.15) is 11.1 Å². The van der Waals surface area contributed by atoms with Crippen LogP contribution in [0.5, 0.6) is 0 Å². The predicted molar refractivity (Wildman–Crippen MR) is 65.9 cm³/mol. The van der Waals surface area contributed by atoms with Crippen molar-refractivity contribution in [2.24, 2.45) is 0 Å². The quantitative estimate of drug-likeness (QED) is 0.702. The van der Waals surface area contributed by atoms with Crippen molar-refractivity contribution in [3.05, 3.63) is 41.7 Å². The molecule has 1 aromatic carbocycles. The van der Waals surface area contributed by atoms with E-state index < -0.39 is 0 Å². The van der Waals surface area contributed by atoms with E-state index in [-0.39, 0.29) is 0 Å². The van der Waals surface area contributed by atoms with Crippen LogP contribution < -0.4 is 5.73 Å². The summed E-state index contributed by atoms with van der Waals surface area (Å²) in [5, 5.41) is 11.2. The first-order valence-electron chi connectivity index (χ1n) is 5.15. The second-order valence-electron chi connectivity index (χ2n) is 3.66. The fraction of sp³-hybridized carbons (Fsp3) is 0. The number of para-hydroxylation sites is 1. The number of hydrogen-bond acceptors (Lipinski definition) is 4. The number of anilines is 1. The molecule has 0 saturated heterocycles. The second kappa shape index (κ2) is 3.79. The van der Waals surface area contributed by atoms with Crippen LogP contribution in [-0.4, -0.2) is 15.4 Å². The van der Waals surface area contributed by atoms with Gasteiger partial charge in [-0.15, -0.1) is 0 Å². The molecule has 0 fully saturated rings. The molecule has 0 atom stereocenters. The van der Waals surface area contributed by atoms with Crippen LogP contribution in [0.2, 0.25) is 0 Å². The maximum absolute atomic E-state index is 5.69. The Balaban J connectivity index is 2.06. The third-order valence-electron chi connectivity index (χ3n) is 2.53. The van der Waals surface area contributed by atoms with Crippen molar-refractivity contribution >= 4 is 28.9 Å². The highest BCUT2D eigenvalue weighted by molar-refractivity contribution is 5.94. The van der Waals surface area contributed by atoms with Crippen molar-refractivity contribution in [1.29, 1.82) is 0 Å². The number of aromatic nitrogens is 3. The Labute approximate surface area is 96.9 Å². The zero-order chi connectivity index (χ0) is 11.7. The van der Waals surface area contributed by atoms with Gasteiger partial charge in [-0.2, -0.15) is 5.10 Å². The number of nitrogens with two attached hydrogens (primary N) is 1. The van der Waals surface area contributed by atoms with Crippen molar-refractivity contribution in [3.8, 4) is 0 Å². The largest absolute Gasteiger partial charge is 0.380 e. The lowest BCUT2D eigenvalue weighted by Crippen LogP contribution is -1.83. The van der Waals surface area contributed by atoms with Crippen LogP contribution in [-0.2, 0) is 0 Å². The lowest BCUT2D eigenvalue weighted by molar-refractivity contribution is 0.460. The molecule has 3 N–H and O–H groups in total. The first kappa shape index (κ1) is 9.65. The van der Waals surface area contributed by atoms with Crippen LogP contribution in [0.25, 0.3) is 23.1 Å². The highest BCUT2D eigenvalue weighted by Gasteiger charge is 2.06. The minimum absolute atomic E-state index is 0.415. The maximum atomic E-state index is 5.69. The summed E-state index contributed by atoms with van der Waals surface area (Å²) in [4.78, 5) is 0. The van der Waals surface area contributed by atoms with Gasteiger partial charge in [0.2, 0.25) is 0 Å². The molecule has 0 aliphatic carbocycles. The summed E-state index contributed by atoms with van der Waals surface area (Å²) < 4.78 is 5.20. The zero-order valence-corrected chi connectivity index (χ0v) is 8.92. The number of fused-ring (bicyclic) bond motifs is 1. The van der Waals surface area contributed by atoms with E-state index in [2.05, 4.69) is 15.4 Å². The van der Waals surface area contributed by atoms with Gasteiger partial charge in [-0.05, 0) is 6.07 Å². The number of rotatable bonds is 2. The molecule has 0 aliphatic rings. The molecule has 0 saturated carbocycles. The number of nitrogens with one attached hydrogen (secondary N) is 1. The summed E-state index contributed by atoms with van der Waals surface area (Å²) in [5.74, 6) is 0.415. The van der Waals surface area contributed by atoms with E-state index in [1.54, 1.807) is 6.20 Å². The third-order valence-corrected chi connectivity index (χ3v) is 2.53. The number of hydrogen-bond donors (Lipinski definition) is 2. The fourth-order valence-electron chi connectivity index (χ4n) is 1.67. The molecule has 5 heteroatoms. The van der Waals surface area contributed by atoms with Gasteiger partial charge < -0.3 is 10.3 Å². The Morgan fingerprint density at radius 2 is 2.24 bits per heavy atom. The molecule has 3 aromatic rings. The van der Waals surface area contributed by atoms with Crippen molar-refractivity contribution < 1.29 is 4.52 Å². The second-order valence-corrected chi connectivity index (χ2v) is 3.66. The van der Waals surface area contributed by atoms with Gasteiger partial charge in [0, 0.05) is 17.3 Å². The van der Waals surface area contributed by atoms with Gasteiger partial charge >= 0.3 is 0 Å². The van der Waals surface area contributed by atoms with Gasteiger partial charge in [0.25, 0.3) is 0 Å². The molecule has 84 valence electrons. The molecular weight excluding hydrogens is 216 g/mol. The van der Waals surface area contributed by atoms with Gasteiger partial charge in [0.15, 0.2) is 11.4 Å². The number of nitrogens with zero attached hydrogens (tertiary/aromatic N) is 2. The van der Waals surface area contributed by atoms with Crippen molar-refractivity contribution in [3.63, 3.8) is 0 Å². The van der Waals surface area contributed by atoms with E-state index in [4.69, 9.17) is 10.3 Å². The molecule has 0 spiro atoms. The van der Waals surface area contributed by atoms with E-state index in [9.17, 15) is 0 Å². The summed E-state index contributed by atoms with van der Waals surface area (Å²) in [6.45, 7) is 0. The van der Waals surface area contributed by atoms with Crippen molar-refractivity contribution in [2.45, 2.75) is 0 Å². The van der Waals surface area contributed by atoms with E-state index in [0.717, 1.165) is 16.5 Å². The number of aromatic amines is 1. The Bertz CT molecular complexity index is 667. The first-order valence-corrected chi connectivity index (χ1v) is 5.15. The molecule has 2 aromatic heterocycles. The first-order chi connectivity index (χ1) is 8.34. The monoisotopic (exact) mass is 226 g/mol. The standard InChI is InChI=1S/C12H10N4O/c13-12-10-3-1-2-9(11(10)17-16-12)5-4-8-6-14-15-7-8/h1-7H,(H2,13,16)(H,14,15)/b5-4+. The minimum Gasteiger partial charge on any atom is -0.380 e. The number of nitrogen functional groups attached to an aromatic ring is 1. The summed E-state index contributed by atoms with van der Waals surface area (Å²) in [7, 11) is 0. The lowest BCUT2D eigenvalue weighted by Gasteiger charge is -1.93. The van der Waals surface area contributed by atoms with Crippen molar-refractivity contribution in [2.75, 3.05) is 5.73 Å². The molecule has 5 nitrogen and oxygen atoms in total. The summed E-state index contributed by atoms with van der Waals surface area (Å²) in [5.41, 5.74) is 8.32. The average molecular weight is 226 g/mol. The SMILES string of the molecule is Nc1noc2c(/C=C/c3cn[nH]c3)cccc12. The third kappa shape index (κ3) is 1.67. The summed E-state index contributed by atoms with van der Waals surface area (Å²) in [6, 6.07) is 5.75. The maximum Gasteiger partial charge on any atom is 0.176 e. The normalized spacial score (nSPS) is 11.5. The van der Waals surface area contributed by atoms with E-state index >= 15 is 0 Å². The number of H-pyrrole nitrogens is 1. The van der Waals surface area contributed by atoms with Gasteiger partial charge in [-0.3, -0.25) is 5.10 Å². The lowest BCUT2D eigenvalue weighted by atomic mass is 10.1. The zero-order valence-electron chi connectivity index (χ0n) is 8.92. The van der Waals surface area contributed by atoms with E-state index in [1.807, 2.05) is 36.5 Å². The van der Waals surface area contributed by atoms with Crippen LogP contribution in [0.3, 0.4) is 0 Å². The minimum atomic E-state index is 0.415. The molecule has 0 radical (unpaired) electrons. The van der Waals surface area contributed by atoms with Crippen LogP contribution in [0.15, 0.2) is 35.1 Å². The Morgan fingerprint density at radius 1 is 1.29 bits per heavy atom. The van der Waals surface area contributed by atoms with Crippen molar-refractivity contribution in [1.82, 2.24) is 15.4 Å². The number of benzene rings is 1. The van der Waals surface area contributed by atoms with Gasteiger partial charge in [-0.1, -0.05) is 29.4 Å². The summed E-state index contributed by atoms with van der Waals surface area (Å²) in [6.07, 6.45) is 7.44. The Morgan fingerprint density at radius 3 is 3.06 bits per heavy atom. The van der Waals surface area contributed by atoms with Gasteiger partial charge in [0.05, 0.1) is 11.6 Å². The van der Waals surface area contributed by atoms with Gasteiger partial charge in [0.1, 0.15) is 0 Å². The van der Waals surface area contributed by atoms with Crippen LogP contribution in [0.4, 0.5) is 5.82 Å². The topological polar surface area (TPSA) is 80.7 Å². The molecule has 0 aliphatic heterocycles. The predicted octanol–water partition coefficient (Wildman–Crippen LogP) is 2.30. The average Bonchev–Trinajstić information content (AvgIpc) is 2.97. The molecule has 0 unspecified atom stereocenters. The fourth-order valence-corrected chi connectivity index (χ4v) is 1.67. The van der Waals surface area contributed by atoms with Crippen LogP contribution in [0, 0.1) is 0 Å². The smallest absolute Gasteiger partial charge is 0.176 e. The highest BCUT2D eigenvalue weighted by Crippen LogP contribution is 2.24. The van der Waals surface area contributed by atoms with E-state index in [1.165, 1.54) is 0 Å². The molecule has 2 heterocycles. The molecule has 0 amide bonds. The Kier molecular flexibility index (Phi) is 2.15.